The van der Waals surface area contributed by atoms with Gasteiger partial charge in [0.05, 0.1) is 0 Å². The van der Waals surface area contributed by atoms with Gasteiger partial charge in [-0.3, -0.25) is 4.79 Å². The van der Waals surface area contributed by atoms with Crippen LogP contribution in [0.15, 0.2) is 48.5 Å². The van der Waals surface area contributed by atoms with Crippen molar-refractivity contribution >= 4 is 5.91 Å². The highest BCUT2D eigenvalue weighted by molar-refractivity contribution is 5.77. The van der Waals surface area contributed by atoms with Crippen LogP contribution in [0.2, 0.25) is 0 Å². The lowest BCUT2D eigenvalue weighted by molar-refractivity contribution is -0.122. The highest BCUT2D eigenvalue weighted by Gasteiger charge is 2.21. The first-order valence-electron chi connectivity index (χ1n) is 8.75. The summed E-state index contributed by atoms with van der Waals surface area (Å²) in [6.45, 7) is 5.28. The van der Waals surface area contributed by atoms with E-state index in [9.17, 15) is 4.79 Å². The molecule has 0 bridgehead atoms. The van der Waals surface area contributed by atoms with Crippen LogP contribution in [0.1, 0.15) is 31.4 Å². The lowest BCUT2D eigenvalue weighted by Gasteiger charge is -2.26. The highest BCUT2D eigenvalue weighted by Crippen LogP contribution is 2.31. The summed E-state index contributed by atoms with van der Waals surface area (Å²) >= 11 is 0. The Hall–Kier alpha value is -2.49. The maximum Gasteiger partial charge on any atom is 0.220 e. The third-order valence-corrected chi connectivity index (χ3v) is 4.21. The van der Waals surface area contributed by atoms with E-state index in [4.69, 9.17) is 9.47 Å². The fourth-order valence-electron chi connectivity index (χ4n) is 3.09. The van der Waals surface area contributed by atoms with Crippen LogP contribution in [0.3, 0.4) is 0 Å². The van der Waals surface area contributed by atoms with Crippen molar-refractivity contribution < 1.29 is 14.3 Å². The van der Waals surface area contributed by atoms with Gasteiger partial charge in [0.15, 0.2) is 11.5 Å². The second-order valence-corrected chi connectivity index (χ2v) is 7.07. The molecule has 2 aromatic rings. The van der Waals surface area contributed by atoms with Crippen molar-refractivity contribution in [3.63, 3.8) is 0 Å². The van der Waals surface area contributed by atoms with Crippen LogP contribution in [-0.4, -0.2) is 24.7 Å². The molecule has 1 heterocycles. The van der Waals surface area contributed by atoms with Crippen LogP contribution in [0.5, 0.6) is 11.5 Å². The van der Waals surface area contributed by atoms with E-state index in [1.807, 2.05) is 36.4 Å². The Bertz CT molecular complexity index is 725. The summed E-state index contributed by atoms with van der Waals surface area (Å²) < 4.78 is 11.1. The molecule has 25 heavy (non-hydrogen) atoms. The molecule has 0 saturated heterocycles. The van der Waals surface area contributed by atoms with Crippen LogP contribution < -0.4 is 14.8 Å². The van der Waals surface area contributed by atoms with Gasteiger partial charge in [0.2, 0.25) is 5.91 Å². The zero-order valence-electron chi connectivity index (χ0n) is 14.9. The smallest absolute Gasteiger partial charge is 0.220 e. The minimum absolute atomic E-state index is 0.0656. The molecular formula is C21H25NO3. The van der Waals surface area contributed by atoms with Crippen molar-refractivity contribution in [1.82, 2.24) is 5.32 Å². The van der Waals surface area contributed by atoms with E-state index in [0.29, 0.717) is 26.1 Å². The number of rotatable bonds is 6. The number of aryl methyl sites for hydroxylation is 1. The second-order valence-electron chi connectivity index (χ2n) is 7.07. The summed E-state index contributed by atoms with van der Waals surface area (Å²) in [4.78, 5) is 12.3. The molecule has 2 aromatic carbocycles. The number of nitrogens with one attached hydrogen (secondary N) is 1. The standard InChI is InChI=1S/C21H25NO3/c1-21(2,15-17-6-4-3-5-7-17)22-20(23)11-9-16-8-10-18-19(14-16)25-13-12-24-18/h3-8,10,14H,9,11-13,15H2,1-2H3,(H,22,23). The van der Waals surface area contributed by atoms with E-state index in [-0.39, 0.29) is 11.4 Å². The Morgan fingerprint density at radius 2 is 1.72 bits per heavy atom. The van der Waals surface area contributed by atoms with Crippen LogP contribution in [-0.2, 0) is 17.6 Å². The van der Waals surface area contributed by atoms with E-state index in [1.54, 1.807) is 0 Å². The zero-order valence-corrected chi connectivity index (χ0v) is 14.9. The number of amides is 1. The fraction of sp³-hybridized carbons (Fsp3) is 0.381. The van der Waals surface area contributed by atoms with Crippen molar-refractivity contribution in [2.45, 2.75) is 38.6 Å². The molecule has 0 saturated carbocycles. The highest BCUT2D eigenvalue weighted by atomic mass is 16.6. The average Bonchev–Trinajstić information content (AvgIpc) is 2.60. The molecule has 0 radical (unpaired) electrons. The van der Waals surface area contributed by atoms with Gasteiger partial charge in [-0.25, -0.2) is 0 Å². The number of hydrogen-bond acceptors (Lipinski definition) is 3. The number of carbonyl (C=O) groups is 1. The molecular weight excluding hydrogens is 314 g/mol. The predicted octanol–water partition coefficient (Wildman–Crippen LogP) is 3.53. The average molecular weight is 339 g/mol. The first-order valence-corrected chi connectivity index (χ1v) is 8.75. The Labute approximate surface area is 149 Å². The number of carbonyl (C=O) groups excluding carboxylic acids is 1. The van der Waals surface area contributed by atoms with Crippen molar-refractivity contribution in [3.05, 3.63) is 59.7 Å². The van der Waals surface area contributed by atoms with Gasteiger partial charge in [0.1, 0.15) is 13.2 Å². The summed E-state index contributed by atoms with van der Waals surface area (Å²) in [6, 6.07) is 16.1. The summed E-state index contributed by atoms with van der Waals surface area (Å²) in [5.41, 5.74) is 2.03. The molecule has 4 heteroatoms. The van der Waals surface area contributed by atoms with Gasteiger partial charge < -0.3 is 14.8 Å². The van der Waals surface area contributed by atoms with E-state index >= 15 is 0 Å². The molecule has 0 atom stereocenters. The van der Waals surface area contributed by atoms with Gasteiger partial charge in [-0.2, -0.15) is 0 Å². The molecule has 1 aliphatic rings. The van der Waals surface area contributed by atoms with Crippen molar-refractivity contribution in [1.29, 1.82) is 0 Å². The van der Waals surface area contributed by atoms with Gasteiger partial charge in [0.25, 0.3) is 0 Å². The SMILES string of the molecule is CC(C)(Cc1ccccc1)NC(=O)CCc1ccc2c(c1)OCCO2. The monoisotopic (exact) mass is 339 g/mol. The molecule has 0 spiro atoms. The maximum absolute atomic E-state index is 12.3. The van der Waals surface area contributed by atoms with Gasteiger partial charge >= 0.3 is 0 Å². The predicted molar refractivity (Wildman–Crippen MR) is 98.1 cm³/mol. The molecule has 1 N–H and O–H groups in total. The maximum atomic E-state index is 12.3. The second kappa shape index (κ2) is 7.60. The Morgan fingerprint density at radius 3 is 2.48 bits per heavy atom. The Balaban J connectivity index is 1.52. The van der Waals surface area contributed by atoms with E-state index in [0.717, 1.165) is 23.5 Å². The van der Waals surface area contributed by atoms with E-state index in [1.165, 1.54) is 5.56 Å². The molecule has 3 rings (SSSR count). The molecule has 0 aliphatic carbocycles. The van der Waals surface area contributed by atoms with E-state index in [2.05, 4.69) is 31.3 Å². The molecule has 132 valence electrons. The molecule has 1 amide bonds. The summed E-state index contributed by atoms with van der Waals surface area (Å²) in [7, 11) is 0. The third-order valence-electron chi connectivity index (χ3n) is 4.21. The quantitative estimate of drug-likeness (QED) is 0.876. The third kappa shape index (κ3) is 4.99. The molecule has 0 aromatic heterocycles. The fourth-order valence-corrected chi connectivity index (χ4v) is 3.09. The number of ether oxygens (including phenoxy) is 2. The lowest BCUT2D eigenvalue weighted by Crippen LogP contribution is -2.45. The number of fused-ring (bicyclic) bond motifs is 1. The Kier molecular flexibility index (Phi) is 5.27. The number of benzene rings is 2. The van der Waals surface area contributed by atoms with Crippen molar-refractivity contribution in [3.8, 4) is 11.5 Å². The topological polar surface area (TPSA) is 47.6 Å². The van der Waals surface area contributed by atoms with Gasteiger partial charge in [-0.05, 0) is 49.9 Å². The first kappa shape index (κ1) is 17.3. The minimum Gasteiger partial charge on any atom is -0.486 e. The van der Waals surface area contributed by atoms with Crippen molar-refractivity contribution in [2.24, 2.45) is 0 Å². The molecule has 0 unspecified atom stereocenters. The lowest BCUT2D eigenvalue weighted by atomic mass is 9.94. The normalized spacial score (nSPS) is 13.4. The van der Waals surface area contributed by atoms with Gasteiger partial charge in [0, 0.05) is 12.0 Å². The Morgan fingerprint density at radius 1 is 1.00 bits per heavy atom. The van der Waals surface area contributed by atoms with Crippen LogP contribution in [0.25, 0.3) is 0 Å². The summed E-state index contributed by atoms with van der Waals surface area (Å²) in [6.07, 6.45) is 1.95. The van der Waals surface area contributed by atoms with Crippen LogP contribution >= 0.6 is 0 Å². The minimum atomic E-state index is -0.273. The summed E-state index contributed by atoms with van der Waals surface area (Å²) in [5, 5.41) is 3.14. The largest absolute Gasteiger partial charge is 0.486 e. The van der Waals surface area contributed by atoms with E-state index < -0.39 is 0 Å². The molecule has 4 nitrogen and oxygen atoms in total. The molecule has 0 fully saturated rings. The zero-order chi connectivity index (χ0) is 17.7. The van der Waals surface area contributed by atoms with Gasteiger partial charge in [-0.15, -0.1) is 0 Å². The van der Waals surface area contributed by atoms with Gasteiger partial charge in [-0.1, -0.05) is 36.4 Å². The summed E-state index contributed by atoms with van der Waals surface area (Å²) in [5.74, 6) is 1.62. The number of hydrogen-bond donors (Lipinski definition) is 1. The van der Waals surface area contributed by atoms with Crippen LogP contribution in [0, 0.1) is 0 Å². The first-order chi connectivity index (χ1) is 12.0. The van der Waals surface area contributed by atoms with Crippen LogP contribution in [0.4, 0.5) is 0 Å². The molecule has 1 aliphatic heterocycles. The van der Waals surface area contributed by atoms with Crippen molar-refractivity contribution in [2.75, 3.05) is 13.2 Å².